The predicted octanol–water partition coefficient (Wildman–Crippen LogP) is 3.18. The zero-order chi connectivity index (χ0) is 17.5. The average molecular weight is 350 g/mol. The molecule has 6 heteroatoms. The Morgan fingerprint density at radius 3 is 2.54 bits per heavy atom. The van der Waals surface area contributed by atoms with Gasteiger partial charge in [-0.15, -0.1) is 11.3 Å². The molecule has 1 aromatic heterocycles. The largest absolute Gasteiger partial charge is 0.491 e. The molecule has 5 nitrogen and oxygen atoms in total. The molecular weight excluding hydrogens is 322 g/mol. The molecule has 2 rings (SSSR count). The number of benzene rings is 1. The van der Waals surface area contributed by atoms with Gasteiger partial charge in [0.05, 0.1) is 11.6 Å². The highest BCUT2D eigenvalue weighted by molar-refractivity contribution is 7.11. The maximum atomic E-state index is 9.80. The van der Waals surface area contributed by atoms with E-state index in [1.54, 1.807) is 11.3 Å². The Hall–Kier alpha value is -1.63. The quantitative estimate of drug-likeness (QED) is 0.728. The molecule has 132 valence electrons. The van der Waals surface area contributed by atoms with Crippen LogP contribution >= 0.6 is 11.3 Å². The van der Waals surface area contributed by atoms with Crippen molar-refractivity contribution in [1.82, 2.24) is 9.88 Å². The lowest BCUT2D eigenvalue weighted by molar-refractivity contribution is 0.0831. The summed E-state index contributed by atoms with van der Waals surface area (Å²) in [5.74, 6) is 1.24. The Morgan fingerprint density at radius 1 is 1.25 bits per heavy atom. The first kappa shape index (κ1) is 18.7. The number of rotatable bonds is 9. The number of nitrogens with one attached hydrogen (secondary N) is 1. The molecule has 24 heavy (non-hydrogen) atoms. The Morgan fingerprint density at radius 2 is 1.96 bits per heavy atom. The minimum Gasteiger partial charge on any atom is -0.491 e. The van der Waals surface area contributed by atoms with E-state index < -0.39 is 6.10 Å². The van der Waals surface area contributed by atoms with Crippen LogP contribution in [0.1, 0.15) is 29.7 Å². The maximum absolute atomic E-state index is 9.80. The summed E-state index contributed by atoms with van der Waals surface area (Å²) in [6, 6.07) is 7.80. The fraction of sp³-hybridized carbons (Fsp3) is 0.500. The Kier molecular flexibility index (Phi) is 7.02. The fourth-order valence-electron chi connectivity index (χ4n) is 2.20. The van der Waals surface area contributed by atoms with Crippen molar-refractivity contribution < 1.29 is 9.84 Å². The Balaban J connectivity index is 1.79. The van der Waals surface area contributed by atoms with Crippen molar-refractivity contribution in [3.8, 4) is 5.75 Å². The molecule has 1 atom stereocenters. The third-order valence-electron chi connectivity index (χ3n) is 3.40. The standard InChI is InChI=1S/C18H27N3O2S/c1-13(2)18-20-10-17(24-18)9-19-14-5-7-16(8-6-14)23-12-15(22)11-21(3)4/h5-8,10,13,15,19,22H,9,11-12H2,1-4H3. The normalized spacial score (nSPS) is 12.6. The number of hydrogen-bond donors (Lipinski definition) is 2. The zero-order valence-corrected chi connectivity index (χ0v) is 15.6. The van der Waals surface area contributed by atoms with Crippen LogP contribution in [0.5, 0.6) is 5.75 Å². The van der Waals surface area contributed by atoms with Crippen LogP contribution in [0.2, 0.25) is 0 Å². The van der Waals surface area contributed by atoms with E-state index in [-0.39, 0.29) is 0 Å². The molecule has 0 aliphatic rings. The van der Waals surface area contributed by atoms with E-state index in [0.29, 0.717) is 19.1 Å². The molecular formula is C18H27N3O2S. The number of nitrogens with zero attached hydrogens (tertiary/aromatic N) is 2. The second kappa shape index (κ2) is 9.01. The van der Waals surface area contributed by atoms with Gasteiger partial charge in [0, 0.05) is 29.2 Å². The molecule has 0 saturated carbocycles. The smallest absolute Gasteiger partial charge is 0.119 e. The van der Waals surface area contributed by atoms with E-state index in [1.165, 1.54) is 9.88 Å². The number of hydrogen-bond acceptors (Lipinski definition) is 6. The van der Waals surface area contributed by atoms with Crippen LogP contribution in [0, 0.1) is 0 Å². The molecule has 0 radical (unpaired) electrons. The highest BCUT2D eigenvalue weighted by Crippen LogP contribution is 2.22. The molecule has 2 aromatic rings. The summed E-state index contributed by atoms with van der Waals surface area (Å²) in [6.07, 6.45) is 1.45. The summed E-state index contributed by atoms with van der Waals surface area (Å²) in [5, 5.41) is 14.4. The van der Waals surface area contributed by atoms with Gasteiger partial charge in [0.25, 0.3) is 0 Å². The van der Waals surface area contributed by atoms with Gasteiger partial charge in [-0.1, -0.05) is 13.8 Å². The summed E-state index contributed by atoms with van der Waals surface area (Å²) in [4.78, 5) is 7.60. The van der Waals surface area contributed by atoms with Gasteiger partial charge in [-0.2, -0.15) is 0 Å². The van der Waals surface area contributed by atoms with Gasteiger partial charge >= 0.3 is 0 Å². The predicted molar refractivity (Wildman–Crippen MR) is 100 cm³/mol. The van der Waals surface area contributed by atoms with Crippen LogP contribution in [0.15, 0.2) is 30.5 Å². The first-order chi connectivity index (χ1) is 11.4. The molecule has 1 unspecified atom stereocenters. The van der Waals surface area contributed by atoms with Crippen LogP contribution in [0.3, 0.4) is 0 Å². The first-order valence-electron chi connectivity index (χ1n) is 8.18. The number of aliphatic hydroxyl groups excluding tert-OH is 1. The van der Waals surface area contributed by atoms with Gasteiger partial charge < -0.3 is 20.1 Å². The molecule has 1 aromatic carbocycles. The van der Waals surface area contributed by atoms with Crippen LogP contribution < -0.4 is 10.1 Å². The van der Waals surface area contributed by atoms with Gasteiger partial charge in [0.15, 0.2) is 0 Å². The monoisotopic (exact) mass is 349 g/mol. The number of aliphatic hydroxyl groups is 1. The lowest BCUT2D eigenvalue weighted by Crippen LogP contribution is -2.30. The molecule has 0 bridgehead atoms. The van der Waals surface area contributed by atoms with E-state index in [4.69, 9.17) is 4.74 Å². The SMILES string of the molecule is CC(C)c1ncc(CNc2ccc(OCC(O)CN(C)C)cc2)s1. The summed E-state index contributed by atoms with van der Waals surface area (Å²) in [7, 11) is 3.85. The molecule has 0 spiro atoms. The van der Waals surface area contributed by atoms with Crippen molar-refractivity contribution in [3.63, 3.8) is 0 Å². The number of thiazole rings is 1. The number of aromatic nitrogens is 1. The number of ether oxygens (including phenoxy) is 1. The topological polar surface area (TPSA) is 57.6 Å². The van der Waals surface area contributed by atoms with Crippen molar-refractivity contribution in [3.05, 3.63) is 40.3 Å². The Labute approximate surface area is 148 Å². The van der Waals surface area contributed by atoms with Crippen molar-refractivity contribution in [2.75, 3.05) is 32.6 Å². The van der Waals surface area contributed by atoms with Gasteiger partial charge in [-0.3, -0.25) is 0 Å². The summed E-state index contributed by atoms with van der Waals surface area (Å²) in [5.41, 5.74) is 1.04. The molecule has 0 aliphatic carbocycles. The van der Waals surface area contributed by atoms with Crippen LogP contribution in [0.4, 0.5) is 5.69 Å². The van der Waals surface area contributed by atoms with Crippen LogP contribution in [0.25, 0.3) is 0 Å². The van der Waals surface area contributed by atoms with E-state index in [9.17, 15) is 5.11 Å². The molecule has 1 heterocycles. The van der Waals surface area contributed by atoms with Crippen LogP contribution in [-0.2, 0) is 6.54 Å². The lowest BCUT2D eigenvalue weighted by Gasteiger charge is -2.16. The van der Waals surface area contributed by atoms with Gasteiger partial charge in [-0.05, 0) is 38.4 Å². The van der Waals surface area contributed by atoms with Gasteiger partial charge in [0.2, 0.25) is 0 Å². The van der Waals surface area contributed by atoms with Crippen molar-refractivity contribution in [1.29, 1.82) is 0 Å². The van der Waals surface area contributed by atoms with Crippen molar-refractivity contribution >= 4 is 17.0 Å². The summed E-state index contributed by atoms with van der Waals surface area (Å²) in [6.45, 7) is 5.97. The third kappa shape index (κ3) is 6.11. The summed E-state index contributed by atoms with van der Waals surface area (Å²) >= 11 is 1.75. The van der Waals surface area contributed by atoms with E-state index in [1.807, 2.05) is 49.5 Å². The van der Waals surface area contributed by atoms with Crippen molar-refractivity contribution in [2.45, 2.75) is 32.4 Å². The first-order valence-corrected chi connectivity index (χ1v) is 9.00. The van der Waals surface area contributed by atoms with E-state index in [0.717, 1.165) is 18.0 Å². The van der Waals surface area contributed by atoms with Gasteiger partial charge in [-0.25, -0.2) is 4.98 Å². The summed E-state index contributed by atoms with van der Waals surface area (Å²) < 4.78 is 5.60. The second-order valence-electron chi connectivity index (χ2n) is 6.42. The second-order valence-corrected chi connectivity index (χ2v) is 7.57. The number of likely N-dealkylation sites (N-methyl/N-ethyl adjacent to an activating group) is 1. The minimum absolute atomic E-state index is 0.295. The highest BCUT2D eigenvalue weighted by atomic mass is 32.1. The van der Waals surface area contributed by atoms with Gasteiger partial charge in [0.1, 0.15) is 18.5 Å². The van der Waals surface area contributed by atoms with E-state index in [2.05, 4.69) is 24.1 Å². The van der Waals surface area contributed by atoms with Crippen LogP contribution in [-0.4, -0.2) is 48.3 Å². The fourth-order valence-corrected chi connectivity index (χ4v) is 3.06. The molecule has 2 N–H and O–H groups in total. The lowest BCUT2D eigenvalue weighted by atomic mass is 10.2. The molecule has 0 aliphatic heterocycles. The van der Waals surface area contributed by atoms with E-state index >= 15 is 0 Å². The minimum atomic E-state index is -0.487. The zero-order valence-electron chi connectivity index (χ0n) is 14.8. The number of anilines is 1. The molecule has 0 fully saturated rings. The average Bonchev–Trinajstić information content (AvgIpc) is 3.00. The van der Waals surface area contributed by atoms with Crippen molar-refractivity contribution in [2.24, 2.45) is 0 Å². The molecule has 0 saturated heterocycles. The third-order valence-corrected chi connectivity index (χ3v) is 4.70. The highest BCUT2D eigenvalue weighted by Gasteiger charge is 2.07. The Bertz CT molecular complexity index is 611. The maximum Gasteiger partial charge on any atom is 0.119 e. The molecule has 0 amide bonds.